The highest BCUT2D eigenvalue weighted by Gasteiger charge is 2.11. The summed E-state index contributed by atoms with van der Waals surface area (Å²) in [5, 5.41) is 13.0. The number of benzene rings is 2. The standard InChI is InChI=1S/C24H26N4O2S/c25-16-19-1-3-20(4-2-19)17-31-18-24(29)26-22-5-6-23-21(15-22)7-8-28(23)10-9-27-11-13-30-14-12-27/h1-8,15H,9-14,17-18H2,(H,26,29). The van der Waals surface area contributed by atoms with Crippen LogP contribution >= 0.6 is 11.8 Å². The molecular weight excluding hydrogens is 408 g/mol. The Labute approximate surface area is 186 Å². The Bertz CT molecular complexity index is 1070. The topological polar surface area (TPSA) is 70.3 Å². The molecule has 1 N–H and O–H groups in total. The average Bonchev–Trinajstić information content (AvgIpc) is 3.21. The van der Waals surface area contributed by atoms with E-state index in [1.165, 1.54) is 5.52 Å². The lowest BCUT2D eigenvalue weighted by Gasteiger charge is -2.26. The lowest BCUT2D eigenvalue weighted by atomic mass is 10.2. The van der Waals surface area contributed by atoms with Crippen LogP contribution in [0.1, 0.15) is 11.1 Å². The van der Waals surface area contributed by atoms with Crippen molar-refractivity contribution >= 4 is 34.3 Å². The van der Waals surface area contributed by atoms with E-state index >= 15 is 0 Å². The number of ether oxygens (including phenoxy) is 1. The Morgan fingerprint density at radius 1 is 1.10 bits per heavy atom. The minimum absolute atomic E-state index is 0.00950. The number of nitrogens with one attached hydrogen (secondary N) is 1. The van der Waals surface area contributed by atoms with Gasteiger partial charge in [0.2, 0.25) is 5.91 Å². The molecule has 3 aromatic rings. The van der Waals surface area contributed by atoms with Crippen LogP contribution in [0.15, 0.2) is 54.7 Å². The molecule has 0 unspecified atom stereocenters. The van der Waals surface area contributed by atoms with Crippen molar-refractivity contribution in [1.29, 1.82) is 5.26 Å². The molecule has 160 valence electrons. The Balaban J connectivity index is 1.27. The number of thioether (sulfide) groups is 1. The number of carbonyl (C=O) groups excluding carboxylic acids is 1. The van der Waals surface area contributed by atoms with Crippen molar-refractivity contribution in [3.05, 3.63) is 65.9 Å². The smallest absolute Gasteiger partial charge is 0.234 e. The van der Waals surface area contributed by atoms with Crippen LogP contribution in [0.25, 0.3) is 10.9 Å². The van der Waals surface area contributed by atoms with Gasteiger partial charge in [-0.05, 0) is 42.0 Å². The number of rotatable bonds is 8. The molecule has 1 aromatic heterocycles. The molecule has 0 aliphatic carbocycles. The largest absolute Gasteiger partial charge is 0.379 e. The second-order valence-electron chi connectivity index (χ2n) is 7.59. The number of fused-ring (bicyclic) bond motifs is 1. The van der Waals surface area contributed by atoms with Gasteiger partial charge in [0.05, 0.1) is 30.6 Å². The predicted molar refractivity (Wildman–Crippen MR) is 125 cm³/mol. The molecule has 4 rings (SSSR count). The zero-order chi connectivity index (χ0) is 21.5. The molecule has 0 saturated carbocycles. The van der Waals surface area contributed by atoms with Crippen LogP contribution in [-0.2, 0) is 21.8 Å². The number of amides is 1. The van der Waals surface area contributed by atoms with Gasteiger partial charge in [0, 0.05) is 54.7 Å². The van der Waals surface area contributed by atoms with Crippen LogP contribution in [0.3, 0.4) is 0 Å². The number of hydrogen-bond acceptors (Lipinski definition) is 5. The van der Waals surface area contributed by atoms with Gasteiger partial charge in [-0.25, -0.2) is 0 Å². The first-order valence-corrected chi connectivity index (χ1v) is 11.6. The number of carbonyl (C=O) groups is 1. The number of nitrogens with zero attached hydrogens (tertiary/aromatic N) is 3. The van der Waals surface area contributed by atoms with E-state index in [2.05, 4.69) is 39.2 Å². The monoisotopic (exact) mass is 434 g/mol. The van der Waals surface area contributed by atoms with Crippen molar-refractivity contribution in [1.82, 2.24) is 9.47 Å². The van der Waals surface area contributed by atoms with E-state index < -0.39 is 0 Å². The van der Waals surface area contributed by atoms with Gasteiger partial charge in [-0.15, -0.1) is 11.8 Å². The Hall–Kier alpha value is -2.79. The van der Waals surface area contributed by atoms with Crippen LogP contribution in [0.2, 0.25) is 0 Å². The van der Waals surface area contributed by atoms with E-state index in [0.717, 1.165) is 61.8 Å². The van der Waals surface area contributed by atoms with Crippen molar-refractivity contribution in [2.75, 3.05) is 43.9 Å². The Kier molecular flexibility index (Phi) is 7.26. The molecule has 1 fully saturated rings. The zero-order valence-corrected chi connectivity index (χ0v) is 18.2. The van der Waals surface area contributed by atoms with E-state index in [0.29, 0.717) is 11.3 Å². The summed E-state index contributed by atoms with van der Waals surface area (Å²) in [5.41, 5.74) is 3.76. The number of nitriles is 1. The van der Waals surface area contributed by atoms with E-state index in [-0.39, 0.29) is 5.91 Å². The van der Waals surface area contributed by atoms with Crippen molar-refractivity contribution in [2.45, 2.75) is 12.3 Å². The number of morpholine rings is 1. The summed E-state index contributed by atoms with van der Waals surface area (Å²) in [6, 6.07) is 17.8. The molecule has 1 aliphatic heterocycles. The Morgan fingerprint density at radius 2 is 1.90 bits per heavy atom. The first-order valence-electron chi connectivity index (χ1n) is 10.5. The molecule has 31 heavy (non-hydrogen) atoms. The first kappa shape index (κ1) is 21.4. The maximum atomic E-state index is 12.3. The lowest BCUT2D eigenvalue weighted by Crippen LogP contribution is -2.38. The number of hydrogen-bond donors (Lipinski definition) is 1. The van der Waals surface area contributed by atoms with Crippen molar-refractivity contribution < 1.29 is 9.53 Å². The van der Waals surface area contributed by atoms with E-state index in [1.54, 1.807) is 23.9 Å². The van der Waals surface area contributed by atoms with Crippen molar-refractivity contribution in [3.63, 3.8) is 0 Å². The van der Waals surface area contributed by atoms with Crippen LogP contribution in [0.5, 0.6) is 0 Å². The molecule has 0 spiro atoms. The summed E-state index contributed by atoms with van der Waals surface area (Å²) in [6.45, 7) is 5.60. The molecule has 2 heterocycles. The molecule has 7 heteroatoms. The molecule has 6 nitrogen and oxygen atoms in total. The summed E-state index contributed by atoms with van der Waals surface area (Å²) in [7, 11) is 0. The second-order valence-corrected chi connectivity index (χ2v) is 8.57. The maximum Gasteiger partial charge on any atom is 0.234 e. The number of aromatic nitrogens is 1. The first-order chi connectivity index (χ1) is 15.2. The van der Waals surface area contributed by atoms with E-state index in [4.69, 9.17) is 10.00 Å². The van der Waals surface area contributed by atoms with Gasteiger partial charge in [0.1, 0.15) is 0 Å². The summed E-state index contributed by atoms with van der Waals surface area (Å²) < 4.78 is 7.68. The fourth-order valence-corrected chi connectivity index (χ4v) is 4.47. The van der Waals surface area contributed by atoms with Gasteiger partial charge in [0.15, 0.2) is 0 Å². The molecule has 0 atom stereocenters. The molecule has 0 radical (unpaired) electrons. The quantitative estimate of drug-likeness (QED) is 0.585. The third-order valence-corrected chi connectivity index (χ3v) is 6.40. The van der Waals surface area contributed by atoms with Crippen LogP contribution in [-0.4, -0.2) is 54.0 Å². The summed E-state index contributed by atoms with van der Waals surface area (Å²) in [5.74, 6) is 1.12. The minimum atomic E-state index is -0.00950. The fourth-order valence-electron chi connectivity index (χ4n) is 3.68. The maximum absolute atomic E-state index is 12.3. The van der Waals surface area contributed by atoms with Crippen LogP contribution < -0.4 is 5.32 Å². The third kappa shape index (κ3) is 5.88. The normalized spacial score (nSPS) is 14.4. The highest BCUT2D eigenvalue weighted by molar-refractivity contribution is 7.99. The molecule has 0 bridgehead atoms. The minimum Gasteiger partial charge on any atom is -0.379 e. The van der Waals surface area contributed by atoms with Gasteiger partial charge in [-0.3, -0.25) is 9.69 Å². The average molecular weight is 435 g/mol. The van der Waals surface area contributed by atoms with Gasteiger partial charge in [-0.2, -0.15) is 5.26 Å². The van der Waals surface area contributed by atoms with Gasteiger partial charge in [0.25, 0.3) is 0 Å². The summed E-state index contributed by atoms with van der Waals surface area (Å²) in [6.07, 6.45) is 2.12. The van der Waals surface area contributed by atoms with Crippen LogP contribution in [0.4, 0.5) is 5.69 Å². The fraction of sp³-hybridized carbons (Fsp3) is 0.333. The van der Waals surface area contributed by atoms with Gasteiger partial charge < -0.3 is 14.6 Å². The highest BCUT2D eigenvalue weighted by atomic mass is 32.2. The summed E-state index contributed by atoms with van der Waals surface area (Å²) >= 11 is 1.56. The lowest BCUT2D eigenvalue weighted by molar-refractivity contribution is -0.113. The molecule has 1 saturated heterocycles. The second kappa shape index (κ2) is 10.5. The zero-order valence-electron chi connectivity index (χ0n) is 17.4. The predicted octanol–water partition coefficient (Wildman–Crippen LogP) is 3.72. The van der Waals surface area contributed by atoms with Gasteiger partial charge >= 0.3 is 0 Å². The van der Waals surface area contributed by atoms with Crippen LogP contribution in [0, 0.1) is 11.3 Å². The SMILES string of the molecule is N#Cc1ccc(CSCC(=O)Nc2ccc3c(ccn3CCN3CCOCC3)c2)cc1. The molecule has 2 aromatic carbocycles. The molecular formula is C24H26N4O2S. The third-order valence-electron chi connectivity index (χ3n) is 5.40. The molecule has 1 aliphatic rings. The summed E-state index contributed by atoms with van der Waals surface area (Å²) in [4.78, 5) is 14.8. The Morgan fingerprint density at radius 3 is 2.68 bits per heavy atom. The van der Waals surface area contributed by atoms with Crippen molar-refractivity contribution in [2.24, 2.45) is 0 Å². The van der Waals surface area contributed by atoms with E-state index in [9.17, 15) is 4.79 Å². The van der Waals surface area contributed by atoms with E-state index in [1.807, 2.05) is 24.3 Å². The molecule has 1 amide bonds. The number of anilines is 1. The van der Waals surface area contributed by atoms with Crippen molar-refractivity contribution in [3.8, 4) is 6.07 Å². The highest BCUT2D eigenvalue weighted by Crippen LogP contribution is 2.21. The van der Waals surface area contributed by atoms with Gasteiger partial charge in [-0.1, -0.05) is 12.1 Å².